The van der Waals surface area contributed by atoms with Crippen molar-refractivity contribution in [2.24, 2.45) is 11.8 Å². The highest BCUT2D eigenvalue weighted by molar-refractivity contribution is 5.30. The fourth-order valence-corrected chi connectivity index (χ4v) is 3.29. The Labute approximate surface area is 124 Å². The molecule has 0 bridgehead atoms. The SMILES string of the molecule is CC(C)C1CCCC(O)(c2cccc(C(F)(F)F)c2)CC1. The molecule has 118 valence electrons. The van der Waals surface area contributed by atoms with Crippen LogP contribution in [0.15, 0.2) is 24.3 Å². The largest absolute Gasteiger partial charge is 0.416 e. The normalized spacial score (nSPS) is 27.7. The first kappa shape index (κ1) is 16.3. The Morgan fingerprint density at radius 2 is 1.90 bits per heavy atom. The average molecular weight is 300 g/mol. The van der Waals surface area contributed by atoms with E-state index in [1.807, 2.05) is 0 Å². The van der Waals surface area contributed by atoms with E-state index in [0.717, 1.165) is 31.4 Å². The van der Waals surface area contributed by atoms with E-state index in [1.54, 1.807) is 6.07 Å². The minimum atomic E-state index is -4.36. The number of benzene rings is 1. The van der Waals surface area contributed by atoms with Crippen LogP contribution < -0.4 is 0 Å². The maximum absolute atomic E-state index is 12.8. The standard InChI is InChI=1S/C17H23F3O/c1-12(2)13-5-4-9-16(21,10-8-13)14-6-3-7-15(11-14)17(18,19)20/h3,6-7,11-13,21H,4-5,8-10H2,1-2H3. The number of hydrogen-bond donors (Lipinski definition) is 1. The lowest BCUT2D eigenvalue weighted by atomic mass is 9.84. The summed E-state index contributed by atoms with van der Waals surface area (Å²) < 4.78 is 38.5. The molecule has 0 amide bonds. The monoisotopic (exact) mass is 300 g/mol. The van der Waals surface area contributed by atoms with Crippen LogP contribution in [0.4, 0.5) is 13.2 Å². The molecule has 0 aromatic heterocycles. The van der Waals surface area contributed by atoms with Gasteiger partial charge < -0.3 is 5.11 Å². The minimum Gasteiger partial charge on any atom is -0.385 e. The maximum atomic E-state index is 12.8. The Morgan fingerprint density at radius 1 is 1.19 bits per heavy atom. The Kier molecular flexibility index (Phi) is 4.66. The Balaban J connectivity index is 2.24. The lowest BCUT2D eigenvalue weighted by molar-refractivity contribution is -0.137. The van der Waals surface area contributed by atoms with Crippen molar-refractivity contribution in [3.63, 3.8) is 0 Å². The molecule has 2 atom stereocenters. The average Bonchev–Trinajstić information content (AvgIpc) is 2.61. The molecule has 1 aliphatic rings. The van der Waals surface area contributed by atoms with Gasteiger partial charge in [-0.3, -0.25) is 0 Å². The topological polar surface area (TPSA) is 20.2 Å². The van der Waals surface area contributed by atoms with E-state index >= 15 is 0 Å². The molecule has 0 heterocycles. The molecule has 1 N–H and O–H groups in total. The van der Waals surface area contributed by atoms with Gasteiger partial charge in [-0.2, -0.15) is 13.2 Å². The van der Waals surface area contributed by atoms with Crippen molar-refractivity contribution in [1.29, 1.82) is 0 Å². The van der Waals surface area contributed by atoms with E-state index in [9.17, 15) is 18.3 Å². The summed E-state index contributed by atoms with van der Waals surface area (Å²) in [5.41, 5.74) is -1.40. The van der Waals surface area contributed by atoms with Gasteiger partial charge in [0.25, 0.3) is 0 Å². The molecule has 21 heavy (non-hydrogen) atoms. The van der Waals surface area contributed by atoms with Crippen LogP contribution in [0, 0.1) is 11.8 Å². The van der Waals surface area contributed by atoms with Crippen LogP contribution >= 0.6 is 0 Å². The van der Waals surface area contributed by atoms with Crippen molar-refractivity contribution >= 4 is 0 Å². The van der Waals surface area contributed by atoms with Crippen LogP contribution in [0.2, 0.25) is 0 Å². The first-order valence-electron chi connectivity index (χ1n) is 7.62. The summed E-state index contributed by atoms with van der Waals surface area (Å²) >= 11 is 0. The summed E-state index contributed by atoms with van der Waals surface area (Å²) in [5.74, 6) is 1.10. The molecule has 1 aromatic rings. The molecular formula is C17H23F3O. The molecule has 0 aliphatic heterocycles. The third-order valence-corrected chi connectivity index (χ3v) is 4.76. The zero-order valence-electron chi connectivity index (χ0n) is 12.6. The van der Waals surface area contributed by atoms with Crippen molar-refractivity contribution < 1.29 is 18.3 Å². The fourth-order valence-electron chi connectivity index (χ4n) is 3.29. The van der Waals surface area contributed by atoms with E-state index < -0.39 is 17.3 Å². The molecule has 1 fully saturated rings. The second kappa shape index (κ2) is 5.99. The van der Waals surface area contributed by atoms with Gasteiger partial charge in [-0.05, 0) is 55.2 Å². The number of halogens is 3. The molecule has 0 spiro atoms. The third-order valence-electron chi connectivity index (χ3n) is 4.76. The van der Waals surface area contributed by atoms with E-state index in [4.69, 9.17) is 0 Å². The molecule has 0 saturated heterocycles. The van der Waals surface area contributed by atoms with Gasteiger partial charge in [-0.25, -0.2) is 0 Å². The van der Waals surface area contributed by atoms with Crippen LogP contribution in [0.25, 0.3) is 0 Å². The lowest BCUT2D eigenvalue weighted by Gasteiger charge is -2.28. The van der Waals surface area contributed by atoms with Crippen molar-refractivity contribution in [3.05, 3.63) is 35.4 Å². The number of alkyl halides is 3. The van der Waals surface area contributed by atoms with Crippen molar-refractivity contribution in [1.82, 2.24) is 0 Å². The molecule has 0 radical (unpaired) electrons. The predicted molar refractivity (Wildman–Crippen MR) is 76.8 cm³/mol. The highest BCUT2D eigenvalue weighted by Crippen LogP contribution is 2.41. The molecular weight excluding hydrogens is 277 g/mol. The van der Waals surface area contributed by atoms with Crippen LogP contribution in [-0.4, -0.2) is 5.11 Å². The van der Waals surface area contributed by atoms with Crippen molar-refractivity contribution in [2.75, 3.05) is 0 Å². The van der Waals surface area contributed by atoms with E-state index in [2.05, 4.69) is 13.8 Å². The van der Waals surface area contributed by atoms with Crippen LogP contribution in [0.3, 0.4) is 0 Å². The predicted octanol–water partition coefficient (Wildman–Crippen LogP) is 5.13. The van der Waals surface area contributed by atoms with E-state index in [0.29, 0.717) is 30.2 Å². The van der Waals surface area contributed by atoms with Crippen molar-refractivity contribution in [2.45, 2.75) is 57.7 Å². The smallest absolute Gasteiger partial charge is 0.385 e. The summed E-state index contributed by atoms with van der Waals surface area (Å²) in [4.78, 5) is 0. The van der Waals surface area contributed by atoms with Crippen molar-refractivity contribution in [3.8, 4) is 0 Å². The van der Waals surface area contributed by atoms with E-state index in [1.165, 1.54) is 6.07 Å². The zero-order valence-corrected chi connectivity index (χ0v) is 12.6. The number of hydrogen-bond acceptors (Lipinski definition) is 1. The highest BCUT2D eigenvalue weighted by atomic mass is 19.4. The van der Waals surface area contributed by atoms with Crippen LogP contribution in [0.1, 0.15) is 57.1 Å². The number of aliphatic hydroxyl groups is 1. The van der Waals surface area contributed by atoms with Gasteiger partial charge in [0.05, 0.1) is 11.2 Å². The van der Waals surface area contributed by atoms with Gasteiger partial charge in [0.1, 0.15) is 0 Å². The number of rotatable bonds is 2. The van der Waals surface area contributed by atoms with Crippen LogP contribution in [0.5, 0.6) is 0 Å². The molecule has 2 rings (SSSR count). The summed E-state index contributed by atoms with van der Waals surface area (Å²) in [6.45, 7) is 4.33. The molecule has 4 heteroatoms. The summed E-state index contributed by atoms with van der Waals surface area (Å²) in [5, 5.41) is 10.8. The Hall–Kier alpha value is -1.03. The molecule has 1 aromatic carbocycles. The van der Waals surface area contributed by atoms with Gasteiger partial charge in [-0.15, -0.1) is 0 Å². The van der Waals surface area contributed by atoms with Gasteiger partial charge in [-0.1, -0.05) is 32.4 Å². The minimum absolute atomic E-state index is 0.404. The quantitative estimate of drug-likeness (QED) is 0.751. The Morgan fingerprint density at radius 3 is 2.52 bits per heavy atom. The maximum Gasteiger partial charge on any atom is 0.416 e. The summed E-state index contributed by atoms with van der Waals surface area (Å²) in [6, 6.07) is 5.17. The first-order chi connectivity index (χ1) is 9.72. The third kappa shape index (κ3) is 3.79. The first-order valence-corrected chi connectivity index (χ1v) is 7.62. The van der Waals surface area contributed by atoms with Gasteiger partial charge in [0, 0.05) is 0 Å². The molecule has 1 saturated carbocycles. The lowest BCUT2D eigenvalue weighted by Crippen LogP contribution is -2.25. The molecule has 1 nitrogen and oxygen atoms in total. The summed E-state index contributed by atoms with van der Waals surface area (Å²) in [7, 11) is 0. The van der Waals surface area contributed by atoms with Gasteiger partial charge in [0.2, 0.25) is 0 Å². The second-order valence-corrected chi connectivity index (χ2v) is 6.55. The molecule has 2 unspecified atom stereocenters. The van der Waals surface area contributed by atoms with Gasteiger partial charge >= 0.3 is 6.18 Å². The molecule has 1 aliphatic carbocycles. The Bertz CT molecular complexity index is 481. The second-order valence-electron chi connectivity index (χ2n) is 6.55. The van der Waals surface area contributed by atoms with Gasteiger partial charge in [0.15, 0.2) is 0 Å². The highest BCUT2D eigenvalue weighted by Gasteiger charge is 2.36. The fraction of sp³-hybridized carbons (Fsp3) is 0.647. The van der Waals surface area contributed by atoms with Crippen LogP contribution in [-0.2, 0) is 11.8 Å². The summed E-state index contributed by atoms with van der Waals surface area (Å²) in [6.07, 6.45) is -0.523. The van der Waals surface area contributed by atoms with E-state index in [-0.39, 0.29) is 0 Å². The zero-order chi connectivity index (χ0) is 15.7.